The topological polar surface area (TPSA) is 73.7 Å². The minimum Gasteiger partial charge on any atom is -0.508 e. The zero-order valence-corrected chi connectivity index (χ0v) is 14.2. The van der Waals surface area contributed by atoms with Gasteiger partial charge in [0.05, 0.1) is 6.21 Å². The molecule has 0 aliphatic heterocycles. The summed E-state index contributed by atoms with van der Waals surface area (Å²) in [4.78, 5) is 12.3. The number of carbonyl (C=O) groups is 1. The number of phenols is 1. The molecule has 0 fully saturated rings. The summed E-state index contributed by atoms with van der Waals surface area (Å²) in [6, 6.07) is 12.3. The zero-order valence-electron chi connectivity index (χ0n) is 14.2. The molecular weight excluding hydrogens is 302 g/mol. The number of anilines is 1. The van der Waals surface area contributed by atoms with Gasteiger partial charge in [0, 0.05) is 5.69 Å². The minimum absolute atomic E-state index is 0.187. The van der Waals surface area contributed by atoms with E-state index in [4.69, 9.17) is 0 Å². The van der Waals surface area contributed by atoms with Gasteiger partial charge in [-0.25, -0.2) is 5.43 Å². The Bertz CT molecular complexity index is 724. The van der Waals surface area contributed by atoms with Crippen molar-refractivity contribution in [2.75, 3.05) is 5.32 Å². The average molecular weight is 325 g/mol. The molecule has 0 radical (unpaired) electrons. The van der Waals surface area contributed by atoms with E-state index in [1.54, 1.807) is 30.5 Å². The van der Waals surface area contributed by atoms with Gasteiger partial charge < -0.3 is 10.4 Å². The molecule has 0 heterocycles. The lowest BCUT2D eigenvalue weighted by Crippen LogP contribution is -2.37. The summed E-state index contributed by atoms with van der Waals surface area (Å²) < 4.78 is 0. The Hall–Kier alpha value is -2.82. The van der Waals surface area contributed by atoms with Crippen molar-refractivity contribution in [2.24, 2.45) is 5.10 Å². The van der Waals surface area contributed by atoms with Crippen molar-refractivity contribution in [3.8, 4) is 5.75 Å². The number of phenolic OH excluding ortho intramolecular Hbond substituents is 1. The maximum atomic E-state index is 12.3. The Balaban J connectivity index is 1.97. The predicted molar refractivity (Wildman–Crippen MR) is 97.5 cm³/mol. The van der Waals surface area contributed by atoms with Gasteiger partial charge in [-0.15, -0.1) is 0 Å². The summed E-state index contributed by atoms with van der Waals surface area (Å²) in [6.07, 6.45) is 2.19. The molecule has 0 saturated carbocycles. The maximum Gasteiger partial charge on any atom is 0.262 e. The number of rotatable bonds is 6. The molecule has 0 bridgehead atoms. The number of aromatic hydroxyl groups is 1. The number of hydrazone groups is 1. The zero-order chi connectivity index (χ0) is 17.5. The van der Waals surface area contributed by atoms with Gasteiger partial charge in [0.1, 0.15) is 11.8 Å². The van der Waals surface area contributed by atoms with Crippen molar-refractivity contribution in [3.05, 3.63) is 59.2 Å². The van der Waals surface area contributed by atoms with E-state index < -0.39 is 0 Å². The Kier molecular flexibility index (Phi) is 5.95. The first-order chi connectivity index (χ1) is 11.5. The van der Waals surface area contributed by atoms with E-state index in [2.05, 4.69) is 21.9 Å². The Labute approximate surface area is 142 Å². The Morgan fingerprint density at radius 2 is 1.92 bits per heavy atom. The number of hydrogen-bond donors (Lipinski definition) is 3. The molecule has 126 valence electrons. The number of amides is 1. The molecule has 2 aromatic carbocycles. The molecule has 0 unspecified atom stereocenters. The monoisotopic (exact) mass is 325 g/mol. The second-order valence-corrected chi connectivity index (χ2v) is 5.75. The quantitative estimate of drug-likeness (QED) is 0.563. The smallest absolute Gasteiger partial charge is 0.262 e. The van der Waals surface area contributed by atoms with Gasteiger partial charge in [0.15, 0.2) is 0 Å². The fourth-order valence-corrected chi connectivity index (χ4v) is 2.32. The average Bonchev–Trinajstić information content (AvgIpc) is 2.56. The summed E-state index contributed by atoms with van der Waals surface area (Å²) in [6.45, 7) is 6.01. The van der Waals surface area contributed by atoms with Gasteiger partial charge in [0.2, 0.25) is 0 Å². The van der Waals surface area contributed by atoms with E-state index in [1.807, 2.05) is 32.9 Å². The molecule has 0 saturated heterocycles. The van der Waals surface area contributed by atoms with E-state index in [-0.39, 0.29) is 17.7 Å². The normalized spacial score (nSPS) is 12.1. The maximum absolute atomic E-state index is 12.3. The van der Waals surface area contributed by atoms with Crippen molar-refractivity contribution < 1.29 is 9.90 Å². The van der Waals surface area contributed by atoms with Gasteiger partial charge in [-0.2, -0.15) is 5.10 Å². The minimum atomic E-state index is -0.358. The number of benzene rings is 2. The first-order valence-corrected chi connectivity index (χ1v) is 7.95. The van der Waals surface area contributed by atoms with Crippen LogP contribution in [0.5, 0.6) is 5.75 Å². The Morgan fingerprint density at radius 1 is 1.21 bits per heavy atom. The van der Waals surface area contributed by atoms with Crippen molar-refractivity contribution in [2.45, 2.75) is 33.2 Å². The molecule has 0 spiro atoms. The van der Waals surface area contributed by atoms with Crippen LogP contribution in [0.1, 0.15) is 30.0 Å². The van der Waals surface area contributed by atoms with E-state index in [1.165, 1.54) is 5.56 Å². The van der Waals surface area contributed by atoms with Crippen LogP contribution in [0.2, 0.25) is 0 Å². The molecule has 1 atom stereocenters. The van der Waals surface area contributed by atoms with Gasteiger partial charge in [-0.3, -0.25) is 4.79 Å². The summed E-state index contributed by atoms with van der Waals surface area (Å²) in [7, 11) is 0. The van der Waals surface area contributed by atoms with E-state index in [0.29, 0.717) is 6.42 Å². The molecule has 0 aliphatic rings. The second-order valence-electron chi connectivity index (χ2n) is 5.75. The van der Waals surface area contributed by atoms with Crippen LogP contribution in [0.15, 0.2) is 47.6 Å². The third-order valence-corrected chi connectivity index (χ3v) is 3.72. The highest BCUT2D eigenvalue weighted by Gasteiger charge is 2.16. The van der Waals surface area contributed by atoms with Crippen LogP contribution in [-0.2, 0) is 4.79 Å². The molecule has 2 rings (SSSR count). The number of aryl methyl sites for hydroxylation is 2. The second kappa shape index (κ2) is 8.15. The highest BCUT2D eigenvalue weighted by molar-refractivity contribution is 5.87. The third-order valence-electron chi connectivity index (χ3n) is 3.72. The molecule has 2 aromatic rings. The fourth-order valence-electron chi connectivity index (χ4n) is 2.32. The highest BCUT2D eigenvalue weighted by atomic mass is 16.3. The van der Waals surface area contributed by atoms with Crippen LogP contribution in [0, 0.1) is 13.8 Å². The largest absolute Gasteiger partial charge is 0.508 e. The molecule has 3 N–H and O–H groups in total. The number of nitrogens with one attached hydrogen (secondary N) is 2. The standard InChI is InChI=1S/C19H23N3O2/c1-4-17(21-18-10-5-13(2)11-14(18)3)19(24)22-20-12-15-6-8-16(23)9-7-15/h5-12,17,21,23H,4H2,1-3H3,(H,22,24)/t17-/m0/s1. The lowest BCUT2D eigenvalue weighted by molar-refractivity contribution is -0.121. The van der Waals surface area contributed by atoms with E-state index >= 15 is 0 Å². The molecule has 5 heteroatoms. The van der Waals surface area contributed by atoms with Gasteiger partial charge in [-0.05, 0) is 61.7 Å². The first-order valence-electron chi connectivity index (χ1n) is 7.95. The predicted octanol–water partition coefficient (Wildman–Crippen LogP) is 3.35. The van der Waals surface area contributed by atoms with Crippen LogP contribution in [-0.4, -0.2) is 23.3 Å². The van der Waals surface area contributed by atoms with E-state index in [0.717, 1.165) is 16.8 Å². The molecule has 1 amide bonds. The van der Waals surface area contributed by atoms with Gasteiger partial charge in [-0.1, -0.05) is 24.6 Å². The van der Waals surface area contributed by atoms with Crippen LogP contribution >= 0.6 is 0 Å². The van der Waals surface area contributed by atoms with Crippen molar-refractivity contribution in [1.82, 2.24) is 5.43 Å². The fraction of sp³-hybridized carbons (Fsp3) is 0.263. The lowest BCUT2D eigenvalue weighted by atomic mass is 10.1. The number of hydrogen-bond acceptors (Lipinski definition) is 4. The van der Waals surface area contributed by atoms with Gasteiger partial charge >= 0.3 is 0 Å². The highest BCUT2D eigenvalue weighted by Crippen LogP contribution is 2.17. The van der Waals surface area contributed by atoms with Gasteiger partial charge in [0.25, 0.3) is 5.91 Å². The molecular formula is C19H23N3O2. The van der Waals surface area contributed by atoms with E-state index in [9.17, 15) is 9.90 Å². The molecule has 0 aliphatic carbocycles. The van der Waals surface area contributed by atoms with Crippen molar-refractivity contribution in [3.63, 3.8) is 0 Å². The lowest BCUT2D eigenvalue weighted by Gasteiger charge is -2.18. The first kappa shape index (κ1) is 17.5. The van der Waals surface area contributed by atoms with Crippen LogP contribution < -0.4 is 10.7 Å². The number of carbonyl (C=O) groups excluding carboxylic acids is 1. The van der Waals surface area contributed by atoms with Crippen LogP contribution in [0.4, 0.5) is 5.69 Å². The van der Waals surface area contributed by atoms with Crippen LogP contribution in [0.3, 0.4) is 0 Å². The Morgan fingerprint density at radius 3 is 2.54 bits per heavy atom. The molecule has 5 nitrogen and oxygen atoms in total. The summed E-state index contributed by atoms with van der Waals surface area (Å²) in [5, 5.41) is 16.5. The van der Waals surface area contributed by atoms with Crippen molar-refractivity contribution in [1.29, 1.82) is 0 Å². The summed E-state index contributed by atoms with van der Waals surface area (Å²) >= 11 is 0. The summed E-state index contributed by atoms with van der Waals surface area (Å²) in [5.74, 6) is 0.00686. The van der Waals surface area contributed by atoms with Crippen molar-refractivity contribution >= 4 is 17.8 Å². The number of nitrogens with zero attached hydrogens (tertiary/aromatic N) is 1. The molecule has 24 heavy (non-hydrogen) atoms. The SMILES string of the molecule is CC[C@H](Nc1ccc(C)cc1C)C(=O)NN=Cc1ccc(O)cc1. The summed E-state index contributed by atoms with van der Waals surface area (Å²) in [5.41, 5.74) is 6.59. The van der Waals surface area contributed by atoms with Crippen LogP contribution in [0.25, 0.3) is 0 Å². The molecule has 0 aromatic heterocycles. The third kappa shape index (κ3) is 4.84.